The number of esters is 2. The number of carbonyl (C=O) groups is 2. The molecule has 156 valence electrons. The molecule has 29 heavy (non-hydrogen) atoms. The van der Waals surface area contributed by atoms with Crippen LogP contribution < -0.4 is 10.7 Å². The number of nitrogens with zero attached hydrogens (tertiary/aromatic N) is 1. The molecule has 0 aliphatic carbocycles. The van der Waals surface area contributed by atoms with Crippen LogP contribution in [-0.2, 0) is 19.1 Å². The fraction of sp³-hybridized carbons (Fsp3) is 0.476. The van der Waals surface area contributed by atoms with E-state index >= 15 is 0 Å². The van der Waals surface area contributed by atoms with Gasteiger partial charge in [0.25, 0.3) is 0 Å². The molecule has 1 N–H and O–H groups in total. The molecule has 1 aromatic rings. The number of furan rings is 1. The van der Waals surface area contributed by atoms with Gasteiger partial charge in [0.1, 0.15) is 13.8 Å². The summed E-state index contributed by atoms with van der Waals surface area (Å²) in [5, 5.41) is 12.7. The highest BCUT2D eigenvalue weighted by molar-refractivity contribution is 6.88. The fourth-order valence-electron chi connectivity index (χ4n) is 3.64. The third-order valence-electron chi connectivity index (χ3n) is 5.24. The largest absolute Gasteiger partial charge is 0.470 e. The van der Waals surface area contributed by atoms with Crippen molar-refractivity contribution in [3.05, 3.63) is 40.4 Å². The van der Waals surface area contributed by atoms with Gasteiger partial charge in [-0.1, -0.05) is 13.1 Å². The number of dihydropyridines is 1. The molecule has 0 saturated carbocycles. The van der Waals surface area contributed by atoms with Crippen molar-refractivity contribution in [3.8, 4) is 6.07 Å². The van der Waals surface area contributed by atoms with Crippen LogP contribution in [0.5, 0.6) is 0 Å². The van der Waals surface area contributed by atoms with Gasteiger partial charge in [-0.2, -0.15) is 5.26 Å². The highest BCUT2D eigenvalue weighted by atomic mass is 28.3. The van der Waals surface area contributed by atoms with Crippen LogP contribution in [0.2, 0.25) is 19.1 Å². The first-order valence-corrected chi connectivity index (χ1v) is 12.7. The molecule has 0 radical (unpaired) electrons. The average Bonchev–Trinajstić information content (AvgIpc) is 3.17. The summed E-state index contributed by atoms with van der Waals surface area (Å²) in [7, 11) is 0.708. The summed E-state index contributed by atoms with van der Waals surface area (Å²) >= 11 is 0. The molecule has 2 heterocycles. The van der Waals surface area contributed by atoms with Crippen LogP contribution in [-0.4, -0.2) is 34.2 Å². The molecule has 0 unspecified atom stereocenters. The maximum atomic E-state index is 12.5. The van der Waals surface area contributed by atoms with Crippen molar-refractivity contribution < 1.29 is 23.5 Å². The van der Waals surface area contributed by atoms with Crippen LogP contribution in [0, 0.1) is 11.3 Å². The first kappa shape index (κ1) is 22.5. The normalized spacial score (nSPS) is 15.1. The highest BCUT2D eigenvalue weighted by Crippen LogP contribution is 2.39. The van der Waals surface area contributed by atoms with Crippen LogP contribution in [0.1, 0.15) is 38.4 Å². The molecule has 2 rings (SSSR count). The van der Waals surface area contributed by atoms with Crippen LogP contribution in [0.25, 0.3) is 0 Å². The molecule has 0 amide bonds. The van der Waals surface area contributed by atoms with Crippen LogP contribution >= 0.6 is 0 Å². The smallest absolute Gasteiger partial charge is 0.336 e. The predicted octanol–water partition coefficient (Wildman–Crippen LogP) is 3.08. The molecule has 1 aliphatic rings. The molecule has 7 nitrogen and oxygen atoms in total. The second kappa shape index (κ2) is 9.14. The molecular weight excluding hydrogens is 388 g/mol. The van der Waals surface area contributed by atoms with Gasteiger partial charge in [0.15, 0.2) is 0 Å². The minimum absolute atomic E-state index is 0.323. The zero-order chi connectivity index (χ0) is 21.8. The predicted molar refractivity (Wildman–Crippen MR) is 111 cm³/mol. The topological polar surface area (TPSA) is 102 Å². The lowest BCUT2D eigenvalue weighted by Gasteiger charge is -2.28. The number of nitrogens with one attached hydrogen (secondary N) is 1. The Kier molecular flexibility index (Phi) is 7.09. The van der Waals surface area contributed by atoms with Gasteiger partial charge in [0.05, 0.1) is 42.7 Å². The molecule has 1 aromatic heterocycles. The number of allylic oxidation sites excluding steroid dienone is 2. The molecular formula is C21H28N2O5Si. The molecule has 0 aromatic carbocycles. The van der Waals surface area contributed by atoms with E-state index in [4.69, 9.17) is 19.2 Å². The van der Waals surface area contributed by atoms with E-state index in [1.807, 2.05) is 12.1 Å². The van der Waals surface area contributed by atoms with Crippen LogP contribution in [0.15, 0.2) is 39.1 Å². The number of rotatable bonds is 7. The van der Waals surface area contributed by atoms with Gasteiger partial charge in [-0.25, -0.2) is 9.59 Å². The van der Waals surface area contributed by atoms with E-state index in [1.54, 1.807) is 13.8 Å². The summed E-state index contributed by atoms with van der Waals surface area (Å²) in [4.78, 5) is 25.1. The fourth-order valence-corrected chi connectivity index (χ4v) is 5.88. The minimum Gasteiger partial charge on any atom is -0.470 e. The third-order valence-corrected chi connectivity index (χ3v) is 8.45. The van der Waals surface area contributed by atoms with Gasteiger partial charge in [0, 0.05) is 17.8 Å². The summed E-state index contributed by atoms with van der Waals surface area (Å²) in [6.45, 7) is 7.89. The Morgan fingerprint density at radius 2 is 1.69 bits per heavy atom. The quantitative estimate of drug-likeness (QED) is 0.414. The number of hydrogen-bond donors (Lipinski definition) is 1. The maximum Gasteiger partial charge on any atom is 0.336 e. The molecule has 0 atom stereocenters. The Labute approximate surface area is 172 Å². The summed E-state index contributed by atoms with van der Waals surface area (Å²) in [6, 6.07) is 6.83. The van der Waals surface area contributed by atoms with Crippen LogP contribution in [0.4, 0.5) is 0 Å². The van der Waals surface area contributed by atoms with Crippen molar-refractivity contribution in [3.63, 3.8) is 0 Å². The molecule has 0 saturated heterocycles. The maximum absolute atomic E-state index is 12.5. The van der Waals surface area contributed by atoms with Crippen molar-refractivity contribution in [2.75, 3.05) is 14.2 Å². The number of unbranched alkanes of at least 4 members (excludes halogenated alkanes) is 1. The summed E-state index contributed by atoms with van der Waals surface area (Å²) in [5.74, 6) is -1.27. The van der Waals surface area contributed by atoms with E-state index in [0.717, 1.165) is 17.8 Å². The Morgan fingerprint density at radius 3 is 2.17 bits per heavy atom. The van der Waals surface area contributed by atoms with Crippen LogP contribution in [0.3, 0.4) is 0 Å². The second-order valence-corrected chi connectivity index (χ2v) is 12.5. The lowest BCUT2D eigenvalue weighted by Crippen LogP contribution is -2.40. The Bertz CT molecular complexity index is 866. The highest BCUT2D eigenvalue weighted by Gasteiger charge is 2.40. The first-order valence-electron chi connectivity index (χ1n) is 9.50. The van der Waals surface area contributed by atoms with Gasteiger partial charge in [-0.15, -0.1) is 0 Å². The number of hydrogen-bond acceptors (Lipinski definition) is 7. The lowest BCUT2D eigenvalue weighted by atomic mass is 9.83. The van der Waals surface area contributed by atoms with E-state index in [-0.39, 0.29) is 0 Å². The Hall–Kier alpha value is -2.79. The summed E-state index contributed by atoms with van der Waals surface area (Å²) in [5.41, 5.74) is 1.86. The van der Waals surface area contributed by atoms with Crippen molar-refractivity contribution in [1.82, 2.24) is 5.32 Å². The zero-order valence-electron chi connectivity index (χ0n) is 17.8. The van der Waals surface area contributed by atoms with Gasteiger partial charge in [0.2, 0.25) is 0 Å². The Morgan fingerprint density at radius 1 is 1.14 bits per heavy atom. The van der Waals surface area contributed by atoms with E-state index in [2.05, 4.69) is 24.5 Å². The number of carbonyl (C=O) groups excluding carboxylic acids is 2. The first-order chi connectivity index (χ1) is 13.7. The molecule has 0 spiro atoms. The van der Waals surface area contributed by atoms with E-state index in [9.17, 15) is 9.59 Å². The lowest BCUT2D eigenvalue weighted by molar-refractivity contribution is -0.137. The monoisotopic (exact) mass is 416 g/mol. The number of ether oxygens (including phenoxy) is 2. The third kappa shape index (κ3) is 4.62. The van der Waals surface area contributed by atoms with Crippen molar-refractivity contribution in [2.45, 2.75) is 51.7 Å². The average molecular weight is 417 g/mol. The van der Waals surface area contributed by atoms with Gasteiger partial charge in [-0.05, 0) is 38.4 Å². The van der Waals surface area contributed by atoms with E-state index in [0.29, 0.717) is 34.7 Å². The number of methoxy groups -OCH3 is 2. The number of nitriles is 1. The molecule has 0 bridgehead atoms. The SMILES string of the molecule is COC(=O)C1=C(C)NC(C)=C(C(=O)OC)C1c1ccc([Si](C)(C)CCCC#N)o1. The standard InChI is InChI=1S/C21H28N2O5Si/c1-13-17(20(24)26-3)19(18(14(2)23-13)21(25)27-4)15-9-10-16(28-15)29(5,6)12-8-7-11-22/h9-10,19,23H,7-8,12H2,1-6H3. The van der Waals surface area contributed by atoms with E-state index in [1.165, 1.54) is 14.2 Å². The van der Waals surface area contributed by atoms with Gasteiger partial charge < -0.3 is 19.2 Å². The summed E-state index contributed by atoms with van der Waals surface area (Å²) < 4.78 is 16.2. The summed E-state index contributed by atoms with van der Waals surface area (Å²) in [6.07, 6.45) is 1.33. The van der Waals surface area contributed by atoms with Gasteiger partial charge in [-0.3, -0.25) is 0 Å². The molecule has 0 fully saturated rings. The van der Waals surface area contributed by atoms with Crippen molar-refractivity contribution in [2.24, 2.45) is 0 Å². The molecule has 8 heteroatoms. The van der Waals surface area contributed by atoms with Crippen molar-refractivity contribution in [1.29, 1.82) is 5.26 Å². The molecule has 1 aliphatic heterocycles. The Balaban J connectivity index is 2.53. The zero-order valence-corrected chi connectivity index (χ0v) is 18.8. The van der Waals surface area contributed by atoms with E-state index < -0.39 is 25.9 Å². The van der Waals surface area contributed by atoms with Crippen molar-refractivity contribution >= 4 is 25.4 Å². The second-order valence-electron chi connectivity index (χ2n) is 7.72. The van der Waals surface area contributed by atoms with Gasteiger partial charge >= 0.3 is 11.9 Å². The minimum atomic E-state index is -1.91.